The Morgan fingerprint density at radius 1 is 1.00 bits per heavy atom. The van der Waals surface area contributed by atoms with Crippen LogP contribution in [0.3, 0.4) is 0 Å². The summed E-state index contributed by atoms with van der Waals surface area (Å²) in [6, 6.07) is 13.2. The maximum Gasteiger partial charge on any atom is 0.263 e. The molecule has 2 heterocycles. The summed E-state index contributed by atoms with van der Waals surface area (Å²) in [6.45, 7) is 1.81. The van der Waals surface area contributed by atoms with Crippen molar-refractivity contribution in [1.29, 1.82) is 0 Å². The monoisotopic (exact) mass is 263 g/mol. The number of aryl methyl sites for hydroxylation is 1. The summed E-state index contributed by atoms with van der Waals surface area (Å²) in [4.78, 5) is 20.6. The molecule has 0 saturated heterocycles. The first-order chi connectivity index (χ1) is 9.75. The molecule has 0 aliphatic rings. The molecular formula is C16H13N3O. The number of hydrogen-bond donors (Lipinski definition) is 0. The van der Waals surface area contributed by atoms with E-state index in [4.69, 9.17) is 0 Å². The average molecular weight is 263 g/mol. The summed E-state index contributed by atoms with van der Waals surface area (Å²) in [7, 11) is 0. The van der Waals surface area contributed by atoms with E-state index in [1.807, 2.05) is 42.5 Å². The van der Waals surface area contributed by atoms with Crippen molar-refractivity contribution in [2.45, 2.75) is 6.92 Å². The summed E-state index contributed by atoms with van der Waals surface area (Å²) < 4.78 is 1.54. The molecule has 0 amide bonds. The highest BCUT2D eigenvalue weighted by molar-refractivity contribution is 5.96. The van der Waals surface area contributed by atoms with Gasteiger partial charge in [-0.1, -0.05) is 18.2 Å². The molecule has 0 atom stereocenters. The lowest BCUT2D eigenvalue weighted by molar-refractivity contribution is 0.0957. The van der Waals surface area contributed by atoms with Gasteiger partial charge in [-0.15, -0.1) is 0 Å². The van der Waals surface area contributed by atoms with E-state index in [0.29, 0.717) is 11.4 Å². The van der Waals surface area contributed by atoms with Crippen LogP contribution in [-0.2, 0) is 0 Å². The van der Waals surface area contributed by atoms with Crippen molar-refractivity contribution in [3.8, 4) is 11.3 Å². The number of nitrogens with zero attached hydrogens (tertiary/aromatic N) is 3. The van der Waals surface area contributed by atoms with Crippen molar-refractivity contribution >= 4 is 5.91 Å². The first-order valence-electron chi connectivity index (χ1n) is 6.32. The molecule has 4 nitrogen and oxygen atoms in total. The number of pyridine rings is 1. The van der Waals surface area contributed by atoms with E-state index in [1.165, 1.54) is 4.57 Å². The highest BCUT2D eigenvalue weighted by atomic mass is 16.2. The fourth-order valence-electron chi connectivity index (χ4n) is 2.05. The van der Waals surface area contributed by atoms with E-state index in [9.17, 15) is 4.79 Å². The molecule has 2 aromatic heterocycles. The van der Waals surface area contributed by atoms with Gasteiger partial charge in [0, 0.05) is 29.7 Å². The van der Waals surface area contributed by atoms with Crippen LogP contribution in [0.5, 0.6) is 0 Å². The largest absolute Gasteiger partial charge is 0.270 e. The summed E-state index contributed by atoms with van der Waals surface area (Å²) in [5, 5.41) is 0. The summed E-state index contributed by atoms with van der Waals surface area (Å²) >= 11 is 0. The topological polar surface area (TPSA) is 47.8 Å². The fraction of sp³-hybridized carbons (Fsp3) is 0.0625. The normalized spacial score (nSPS) is 10.4. The first kappa shape index (κ1) is 12.3. The SMILES string of the molecule is Cc1nccn1C(=O)c1ccc(-c2ccccn2)cc1. The van der Waals surface area contributed by atoms with Crippen molar-refractivity contribution in [3.05, 3.63) is 72.4 Å². The average Bonchev–Trinajstić information content (AvgIpc) is 2.94. The zero-order chi connectivity index (χ0) is 13.9. The van der Waals surface area contributed by atoms with Gasteiger partial charge >= 0.3 is 0 Å². The molecule has 3 rings (SSSR count). The lowest BCUT2D eigenvalue weighted by Gasteiger charge is -2.05. The van der Waals surface area contributed by atoms with Crippen LogP contribution in [0.4, 0.5) is 0 Å². The van der Waals surface area contributed by atoms with Crippen LogP contribution >= 0.6 is 0 Å². The lowest BCUT2D eigenvalue weighted by atomic mass is 10.1. The molecule has 4 heteroatoms. The maximum atomic E-state index is 12.3. The van der Waals surface area contributed by atoms with Gasteiger partial charge in [0.15, 0.2) is 0 Å². The smallest absolute Gasteiger partial charge is 0.263 e. The molecule has 98 valence electrons. The first-order valence-corrected chi connectivity index (χ1v) is 6.32. The van der Waals surface area contributed by atoms with E-state index < -0.39 is 0 Å². The molecular weight excluding hydrogens is 250 g/mol. The molecule has 0 aliphatic heterocycles. The number of hydrogen-bond acceptors (Lipinski definition) is 3. The summed E-state index contributed by atoms with van der Waals surface area (Å²) in [5.74, 6) is 0.608. The van der Waals surface area contributed by atoms with Crippen LogP contribution in [0.25, 0.3) is 11.3 Å². The molecule has 1 aromatic carbocycles. The van der Waals surface area contributed by atoms with Gasteiger partial charge in [-0.25, -0.2) is 4.98 Å². The van der Waals surface area contributed by atoms with Crippen molar-refractivity contribution in [2.75, 3.05) is 0 Å². The quantitative estimate of drug-likeness (QED) is 0.714. The highest BCUT2D eigenvalue weighted by Gasteiger charge is 2.10. The van der Waals surface area contributed by atoms with Gasteiger partial charge in [0.05, 0.1) is 5.69 Å². The van der Waals surface area contributed by atoms with Crippen molar-refractivity contribution in [2.24, 2.45) is 0 Å². The Labute approximate surface area is 116 Å². The Kier molecular flexibility index (Phi) is 3.13. The van der Waals surface area contributed by atoms with Crippen LogP contribution in [0.15, 0.2) is 61.1 Å². The number of imidazole rings is 1. The maximum absolute atomic E-state index is 12.3. The second-order valence-electron chi connectivity index (χ2n) is 4.44. The Bertz CT molecular complexity index is 730. The zero-order valence-electron chi connectivity index (χ0n) is 11.0. The van der Waals surface area contributed by atoms with Crippen LogP contribution in [0.2, 0.25) is 0 Å². The second kappa shape index (κ2) is 5.09. The molecule has 3 aromatic rings. The van der Waals surface area contributed by atoms with E-state index >= 15 is 0 Å². The van der Waals surface area contributed by atoms with Crippen molar-refractivity contribution in [1.82, 2.24) is 14.5 Å². The minimum atomic E-state index is -0.0763. The number of carbonyl (C=O) groups excluding carboxylic acids is 1. The van der Waals surface area contributed by atoms with Crippen molar-refractivity contribution in [3.63, 3.8) is 0 Å². The Morgan fingerprint density at radius 2 is 1.80 bits per heavy atom. The predicted octanol–water partition coefficient (Wildman–Crippen LogP) is 2.94. The third-order valence-corrected chi connectivity index (χ3v) is 3.14. The number of rotatable bonds is 2. The van der Waals surface area contributed by atoms with Gasteiger partial charge in [0.1, 0.15) is 5.82 Å². The molecule has 0 spiro atoms. The van der Waals surface area contributed by atoms with Gasteiger partial charge in [-0.3, -0.25) is 14.3 Å². The Morgan fingerprint density at radius 3 is 2.40 bits per heavy atom. The van der Waals surface area contributed by atoms with Gasteiger partial charge in [-0.05, 0) is 31.2 Å². The van der Waals surface area contributed by atoms with Gasteiger partial charge in [-0.2, -0.15) is 0 Å². The van der Waals surface area contributed by atoms with E-state index in [1.54, 1.807) is 25.5 Å². The molecule has 20 heavy (non-hydrogen) atoms. The number of aromatic nitrogens is 3. The lowest BCUT2D eigenvalue weighted by Crippen LogP contribution is -2.12. The van der Waals surface area contributed by atoms with Crippen molar-refractivity contribution < 1.29 is 4.79 Å². The molecule has 0 saturated carbocycles. The number of benzene rings is 1. The summed E-state index contributed by atoms with van der Waals surface area (Å²) in [5.41, 5.74) is 2.51. The highest BCUT2D eigenvalue weighted by Crippen LogP contribution is 2.17. The van der Waals surface area contributed by atoms with Gasteiger partial charge < -0.3 is 0 Å². The minimum Gasteiger partial charge on any atom is -0.270 e. The molecule has 0 radical (unpaired) electrons. The van der Waals surface area contributed by atoms with E-state index in [-0.39, 0.29) is 5.91 Å². The van der Waals surface area contributed by atoms with Gasteiger partial charge in [0.25, 0.3) is 5.91 Å². The van der Waals surface area contributed by atoms with Crippen LogP contribution in [0.1, 0.15) is 16.2 Å². The zero-order valence-corrected chi connectivity index (χ0v) is 11.0. The minimum absolute atomic E-state index is 0.0763. The third kappa shape index (κ3) is 2.23. The van der Waals surface area contributed by atoms with E-state index in [0.717, 1.165) is 11.3 Å². The second-order valence-corrected chi connectivity index (χ2v) is 4.44. The molecule has 0 aliphatic carbocycles. The summed E-state index contributed by atoms with van der Waals surface area (Å²) in [6.07, 6.45) is 5.04. The number of carbonyl (C=O) groups is 1. The molecule has 0 unspecified atom stereocenters. The van der Waals surface area contributed by atoms with Crippen LogP contribution in [0, 0.1) is 6.92 Å². The standard InChI is InChI=1S/C16H13N3O/c1-12-17-10-11-19(12)16(20)14-7-5-13(6-8-14)15-4-2-3-9-18-15/h2-11H,1H3. The molecule has 0 bridgehead atoms. The Balaban J connectivity index is 1.91. The van der Waals surface area contributed by atoms with Crippen LogP contribution in [-0.4, -0.2) is 20.4 Å². The Hall–Kier alpha value is -2.75. The molecule has 0 N–H and O–H groups in total. The third-order valence-electron chi connectivity index (χ3n) is 3.14. The van der Waals surface area contributed by atoms with Gasteiger partial charge in [0.2, 0.25) is 0 Å². The van der Waals surface area contributed by atoms with E-state index in [2.05, 4.69) is 9.97 Å². The fourth-order valence-corrected chi connectivity index (χ4v) is 2.05. The molecule has 0 fully saturated rings. The van der Waals surface area contributed by atoms with Crippen LogP contribution < -0.4 is 0 Å². The predicted molar refractivity (Wildman–Crippen MR) is 76.4 cm³/mol.